The molecule has 0 aliphatic heterocycles. The summed E-state index contributed by atoms with van der Waals surface area (Å²) in [5.74, 6) is 0.123. The van der Waals surface area contributed by atoms with Crippen LogP contribution in [-0.4, -0.2) is 16.2 Å². The fourth-order valence-corrected chi connectivity index (χ4v) is 3.64. The van der Waals surface area contributed by atoms with Crippen LogP contribution in [0.15, 0.2) is 65.8 Å². The summed E-state index contributed by atoms with van der Waals surface area (Å²) in [4.78, 5) is 14.4. The number of hydrogen-bond acceptors (Lipinski definition) is 3. The van der Waals surface area contributed by atoms with Crippen molar-refractivity contribution in [3.05, 3.63) is 77.6 Å². The monoisotopic (exact) mass is 493 g/mol. The molecule has 4 aromatic rings. The molecule has 0 N–H and O–H groups in total. The normalized spacial score (nSPS) is 12.3. The Morgan fingerprint density at radius 2 is 1.52 bits per heavy atom. The third-order valence-electron chi connectivity index (χ3n) is 5.31. The van der Waals surface area contributed by atoms with Crippen LogP contribution in [0, 0.1) is 0 Å². The number of hydrogen-bond donors (Lipinski definition) is 0. The summed E-state index contributed by atoms with van der Waals surface area (Å²) < 4.78 is 0. The molecule has 0 bridgehead atoms. The summed E-state index contributed by atoms with van der Waals surface area (Å²) in [7, 11) is 9.53. The molecule has 1 unspecified atom stereocenters. The van der Waals surface area contributed by atoms with Crippen molar-refractivity contribution in [1.82, 2.24) is 9.97 Å². The number of fused-ring (bicyclic) bond motifs is 3. The van der Waals surface area contributed by atoms with E-state index in [1.165, 1.54) is 11.1 Å². The first-order valence-corrected chi connectivity index (χ1v) is 13.3. The van der Waals surface area contributed by atoms with Crippen LogP contribution in [0.2, 0.25) is 0 Å². The van der Waals surface area contributed by atoms with Gasteiger partial charge in [-0.15, -0.1) is 0 Å². The number of pyridine rings is 2. The predicted octanol–water partition coefficient (Wildman–Crippen LogP) is 7.79. The molecule has 6 heteroatoms. The van der Waals surface area contributed by atoms with Crippen LogP contribution in [0.25, 0.3) is 21.8 Å². The molecule has 0 saturated carbocycles. The molecule has 4 rings (SSSR count). The fraction of sp³-hybridized carbons (Fsp3) is 0.240. The number of nitrogens with zero attached hydrogens (tertiary/aromatic N) is 3. The van der Waals surface area contributed by atoms with Crippen LogP contribution in [-0.2, 0) is 26.0 Å². The second-order valence-electron chi connectivity index (χ2n) is 7.20. The molecule has 0 aliphatic carbocycles. The molecule has 2 aromatic carbocycles. The quantitative estimate of drug-likeness (QED) is 0.161. The van der Waals surface area contributed by atoms with Crippen molar-refractivity contribution in [2.45, 2.75) is 39.5 Å². The minimum absolute atomic E-state index is 0.123. The third kappa shape index (κ3) is 5.64. The van der Waals surface area contributed by atoms with E-state index in [9.17, 15) is 0 Å². The number of benzene rings is 2. The summed E-state index contributed by atoms with van der Waals surface area (Å²) in [6.45, 7) is 6.51. The minimum atomic E-state index is 0.123. The average Bonchev–Trinajstić information content (AvgIpc) is 2.82. The van der Waals surface area contributed by atoms with Gasteiger partial charge in [0.15, 0.2) is 0 Å². The zero-order valence-corrected chi connectivity index (χ0v) is 20.4. The molecule has 2 heterocycles. The van der Waals surface area contributed by atoms with Gasteiger partial charge in [0.05, 0.1) is 16.7 Å². The van der Waals surface area contributed by atoms with Gasteiger partial charge in [0, 0.05) is 34.8 Å². The maximum absolute atomic E-state index is 4.95. The van der Waals surface area contributed by atoms with E-state index in [0.717, 1.165) is 46.0 Å². The Morgan fingerprint density at radius 1 is 0.903 bits per heavy atom. The first kappa shape index (κ1) is 23.7. The SMILES string of the molecule is CCc1cccc(CC)c1N=CC(C)c1ccc2ccc3cccnc3c2n1.[Cl][Fe][Cl]. The van der Waals surface area contributed by atoms with Crippen molar-refractivity contribution < 1.29 is 13.1 Å². The Kier molecular flexibility index (Phi) is 8.86. The van der Waals surface area contributed by atoms with Gasteiger partial charge in [-0.05, 0) is 36.1 Å². The van der Waals surface area contributed by atoms with Gasteiger partial charge in [0.25, 0.3) is 0 Å². The molecule has 0 fully saturated rings. The standard InChI is InChI=1S/C25H25N3.2ClH.Fe/c1-4-18-8-6-9-19(5-2)23(18)27-16-17(3)22-14-13-21-12-11-20-10-7-15-26-24(20)25(21)28-22;;;/h6-17H,4-5H2,1-3H3;2*1H;/q;;;+2/p-2. The summed E-state index contributed by atoms with van der Waals surface area (Å²) in [5, 5.41) is 2.23. The number of halogens is 2. The van der Waals surface area contributed by atoms with E-state index >= 15 is 0 Å². The average molecular weight is 494 g/mol. The zero-order chi connectivity index (χ0) is 22.2. The van der Waals surface area contributed by atoms with Gasteiger partial charge in [-0.1, -0.05) is 63.2 Å². The van der Waals surface area contributed by atoms with Crippen LogP contribution in [0.5, 0.6) is 0 Å². The molecule has 31 heavy (non-hydrogen) atoms. The Hall–Kier alpha value is -1.97. The van der Waals surface area contributed by atoms with Gasteiger partial charge in [-0.3, -0.25) is 9.98 Å². The second kappa shape index (κ2) is 11.6. The van der Waals surface area contributed by atoms with Crippen molar-refractivity contribution in [1.29, 1.82) is 0 Å². The van der Waals surface area contributed by atoms with Crippen LogP contribution in [0.3, 0.4) is 0 Å². The molecule has 0 aliphatic rings. The predicted molar refractivity (Wildman–Crippen MR) is 131 cm³/mol. The van der Waals surface area contributed by atoms with E-state index in [1.54, 1.807) is 0 Å². The van der Waals surface area contributed by atoms with Crippen molar-refractivity contribution in [2.24, 2.45) is 4.99 Å². The number of rotatable bonds is 5. The molecule has 1 atom stereocenters. The summed E-state index contributed by atoms with van der Waals surface area (Å²) in [6, 6.07) is 19.0. The first-order valence-electron chi connectivity index (χ1n) is 10.3. The number of aromatic nitrogens is 2. The van der Waals surface area contributed by atoms with E-state index in [0.29, 0.717) is 0 Å². The molecule has 2 aromatic heterocycles. The van der Waals surface area contributed by atoms with E-state index in [1.807, 2.05) is 18.5 Å². The van der Waals surface area contributed by atoms with E-state index < -0.39 is 0 Å². The molecule has 0 radical (unpaired) electrons. The van der Waals surface area contributed by atoms with E-state index in [-0.39, 0.29) is 19.1 Å². The topological polar surface area (TPSA) is 38.1 Å². The van der Waals surface area contributed by atoms with E-state index in [4.69, 9.17) is 30.2 Å². The summed E-state index contributed by atoms with van der Waals surface area (Å²) in [5.41, 5.74) is 6.64. The Bertz CT molecular complexity index is 1170. The van der Waals surface area contributed by atoms with Crippen molar-refractivity contribution in [2.75, 3.05) is 0 Å². The summed E-state index contributed by atoms with van der Waals surface area (Å²) >= 11 is 0.194. The van der Waals surface area contributed by atoms with Crippen molar-refractivity contribution in [3.8, 4) is 0 Å². The van der Waals surface area contributed by atoms with Crippen molar-refractivity contribution in [3.63, 3.8) is 0 Å². The number of aliphatic imine (C=N–C) groups is 1. The van der Waals surface area contributed by atoms with Crippen LogP contribution >= 0.6 is 20.2 Å². The number of para-hydroxylation sites is 1. The van der Waals surface area contributed by atoms with Crippen LogP contribution in [0.1, 0.15) is 43.5 Å². The van der Waals surface area contributed by atoms with Gasteiger partial charge in [0.2, 0.25) is 0 Å². The Morgan fingerprint density at radius 3 is 2.16 bits per heavy atom. The maximum atomic E-state index is 4.95. The molecular weight excluding hydrogens is 469 g/mol. The molecule has 0 amide bonds. The molecule has 0 saturated heterocycles. The zero-order valence-electron chi connectivity index (χ0n) is 17.8. The van der Waals surface area contributed by atoms with Crippen LogP contribution < -0.4 is 0 Å². The fourth-order valence-electron chi connectivity index (χ4n) is 3.64. The van der Waals surface area contributed by atoms with Crippen LogP contribution in [0.4, 0.5) is 5.69 Å². The number of aryl methyl sites for hydroxylation is 2. The molecular formula is C25H25Cl2FeN3. The van der Waals surface area contributed by atoms with Gasteiger partial charge < -0.3 is 0 Å². The van der Waals surface area contributed by atoms with Gasteiger partial charge in [-0.2, -0.15) is 0 Å². The van der Waals surface area contributed by atoms with Gasteiger partial charge in [0.1, 0.15) is 0 Å². The molecule has 3 nitrogen and oxygen atoms in total. The van der Waals surface area contributed by atoms with Gasteiger partial charge >= 0.3 is 33.3 Å². The van der Waals surface area contributed by atoms with E-state index in [2.05, 4.69) is 74.3 Å². The first-order chi connectivity index (χ1) is 15.1. The van der Waals surface area contributed by atoms with Crippen molar-refractivity contribution >= 4 is 53.9 Å². The third-order valence-corrected chi connectivity index (χ3v) is 5.31. The molecule has 0 spiro atoms. The van der Waals surface area contributed by atoms with Gasteiger partial charge in [-0.25, -0.2) is 4.98 Å². The second-order valence-corrected chi connectivity index (χ2v) is 9.02. The Labute approximate surface area is 198 Å². The summed E-state index contributed by atoms with van der Waals surface area (Å²) in [6.07, 6.45) is 5.83. The Balaban J connectivity index is 0.000000858. The molecule has 162 valence electrons.